The third-order valence-corrected chi connectivity index (χ3v) is 6.38. The molecule has 1 amide bonds. The van der Waals surface area contributed by atoms with Gasteiger partial charge in [-0.3, -0.25) is 4.79 Å². The van der Waals surface area contributed by atoms with Crippen molar-refractivity contribution in [3.05, 3.63) is 57.6 Å². The Morgan fingerprint density at radius 2 is 1.61 bits per heavy atom. The van der Waals surface area contributed by atoms with E-state index in [1.807, 2.05) is 0 Å². The van der Waals surface area contributed by atoms with E-state index in [1.54, 1.807) is 0 Å². The second kappa shape index (κ2) is 8.58. The molecule has 31 heavy (non-hydrogen) atoms. The number of alkyl halides is 6. The normalized spacial score (nSPS) is 12.6. The maximum absolute atomic E-state index is 13.0. The third-order valence-electron chi connectivity index (χ3n) is 4.24. The fourth-order valence-electron chi connectivity index (χ4n) is 2.59. The van der Waals surface area contributed by atoms with E-state index in [4.69, 9.17) is 17.3 Å². The van der Waals surface area contributed by atoms with Gasteiger partial charge in [0, 0.05) is 6.54 Å². The molecule has 0 saturated carbocycles. The number of anilines is 1. The average Bonchev–Trinajstić information content (AvgIpc) is 2.66. The zero-order valence-corrected chi connectivity index (χ0v) is 17.2. The lowest BCUT2D eigenvalue weighted by molar-refractivity contribution is -0.138. The fraction of sp³-hybridized carbons (Fsp3) is 0.278. The fourth-order valence-corrected chi connectivity index (χ4v) is 3.93. The summed E-state index contributed by atoms with van der Waals surface area (Å²) in [6.07, 6.45) is -9.62. The number of hydrogen-bond acceptors (Lipinski definition) is 4. The molecule has 13 heteroatoms. The van der Waals surface area contributed by atoms with E-state index in [9.17, 15) is 39.6 Å². The number of amides is 1. The van der Waals surface area contributed by atoms with Crippen molar-refractivity contribution in [3.63, 3.8) is 0 Å². The number of nitrogens with one attached hydrogen (secondary N) is 1. The number of carbonyl (C=O) groups is 1. The number of halogens is 7. The number of sulfone groups is 1. The van der Waals surface area contributed by atoms with Crippen LogP contribution in [0.1, 0.15) is 34.0 Å². The zero-order chi connectivity index (χ0) is 23.8. The lowest BCUT2D eigenvalue weighted by Gasteiger charge is -2.16. The molecule has 0 heterocycles. The molecule has 5 nitrogen and oxygen atoms in total. The van der Waals surface area contributed by atoms with Gasteiger partial charge in [0.25, 0.3) is 5.91 Å². The molecule has 0 aliphatic rings. The number of benzene rings is 2. The van der Waals surface area contributed by atoms with Crippen LogP contribution in [0.15, 0.2) is 35.2 Å². The Morgan fingerprint density at radius 3 is 2.13 bits per heavy atom. The molecule has 0 atom stereocenters. The van der Waals surface area contributed by atoms with Gasteiger partial charge in [0.1, 0.15) is 0 Å². The van der Waals surface area contributed by atoms with Gasteiger partial charge in [-0.25, -0.2) is 8.42 Å². The minimum absolute atomic E-state index is 0.387. The lowest BCUT2D eigenvalue weighted by atomic mass is 10.1. The Kier molecular flexibility index (Phi) is 6.86. The summed E-state index contributed by atoms with van der Waals surface area (Å²) in [6, 6.07) is 2.85. The number of carbonyl (C=O) groups excluding carboxylic acids is 1. The highest BCUT2D eigenvalue weighted by molar-refractivity contribution is 7.91. The molecule has 0 bridgehead atoms. The van der Waals surface area contributed by atoms with Crippen molar-refractivity contribution in [2.45, 2.75) is 30.7 Å². The number of hydrogen-bond donors (Lipinski definition) is 2. The molecule has 0 unspecified atom stereocenters. The first-order chi connectivity index (χ1) is 14.1. The van der Waals surface area contributed by atoms with Gasteiger partial charge >= 0.3 is 12.4 Å². The van der Waals surface area contributed by atoms with Gasteiger partial charge in [-0.05, 0) is 35.9 Å². The Balaban J connectivity index is 2.45. The van der Waals surface area contributed by atoms with Crippen LogP contribution in [0.5, 0.6) is 0 Å². The van der Waals surface area contributed by atoms with Gasteiger partial charge in [-0.15, -0.1) is 0 Å². The van der Waals surface area contributed by atoms with Gasteiger partial charge < -0.3 is 11.1 Å². The molecule has 2 aromatic rings. The van der Waals surface area contributed by atoms with Crippen LogP contribution in [0, 0.1) is 0 Å². The second-order valence-corrected chi connectivity index (χ2v) is 8.98. The largest absolute Gasteiger partial charge is 0.416 e. The summed E-state index contributed by atoms with van der Waals surface area (Å²) in [6.45, 7) is 0.561. The monoisotopic (exact) mass is 488 g/mol. The van der Waals surface area contributed by atoms with Crippen LogP contribution in [0.4, 0.5) is 32.0 Å². The molecular formula is C18H15ClF6N2O3S. The number of rotatable bonds is 5. The predicted octanol–water partition coefficient (Wildman–Crippen LogP) is 4.68. The van der Waals surface area contributed by atoms with E-state index in [1.165, 1.54) is 6.92 Å². The van der Waals surface area contributed by atoms with Gasteiger partial charge in [-0.1, -0.05) is 18.5 Å². The molecule has 3 N–H and O–H groups in total. The van der Waals surface area contributed by atoms with Crippen molar-refractivity contribution in [1.82, 2.24) is 5.32 Å². The van der Waals surface area contributed by atoms with Crippen LogP contribution in [-0.2, 0) is 28.7 Å². The highest BCUT2D eigenvalue weighted by atomic mass is 35.5. The molecule has 0 aliphatic carbocycles. The summed E-state index contributed by atoms with van der Waals surface area (Å²) < 4.78 is 102. The van der Waals surface area contributed by atoms with E-state index in [0.29, 0.717) is 24.3 Å². The standard InChI is InChI=1S/C18H15ClF6N2O3S/c1-2-31(29,30)14-4-3-10(17(20,21)22)5-9(14)8-27-16(28)12-6-11(18(23,24)25)7-13(19)15(12)26/h3-7H,2,8,26H2,1H3,(H,27,28). The smallest absolute Gasteiger partial charge is 0.397 e. The Morgan fingerprint density at radius 1 is 1.03 bits per heavy atom. The first kappa shape index (κ1) is 24.8. The molecule has 0 aliphatic heterocycles. The highest BCUT2D eigenvalue weighted by Gasteiger charge is 2.34. The van der Waals surface area contributed by atoms with Crippen LogP contribution in [-0.4, -0.2) is 20.1 Å². The number of nitrogens with two attached hydrogens (primary N) is 1. The van der Waals surface area contributed by atoms with Crippen LogP contribution in [0.3, 0.4) is 0 Å². The average molecular weight is 489 g/mol. The summed E-state index contributed by atoms with van der Waals surface area (Å²) in [5.74, 6) is -1.60. The third kappa shape index (κ3) is 5.62. The molecule has 0 aromatic heterocycles. The number of nitrogen functional groups attached to an aromatic ring is 1. The van der Waals surface area contributed by atoms with Crippen LogP contribution in [0.2, 0.25) is 5.02 Å². The quantitative estimate of drug-likeness (QED) is 0.472. The summed E-state index contributed by atoms with van der Waals surface area (Å²) in [5, 5.41) is 1.55. The van der Waals surface area contributed by atoms with E-state index in [2.05, 4.69) is 5.32 Å². The van der Waals surface area contributed by atoms with Crippen molar-refractivity contribution >= 4 is 33.0 Å². The van der Waals surface area contributed by atoms with Gasteiger partial charge in [0.15, 0.2) is 9.84 Å². The maximum atomic E-state index is 13.0. The Hall–Kier alpha value is -2.47. The summed E-state index contributed by atoms with van der Waals surface area (Å²) in [4.78, 5) is 11.9. The maximum Gasteiger partial charge on any atom is 0.416 e. The zero-order valence-electron chi connectivity index (χ0n) is 15.7. The Bertz CT molecular complexity index is 1110. The summed E-state index contributed by atoms with van der Waals surface area (Å²) in [7, 11) is -3.96. The summed E-state index contributed by atoms with van der Waals surface area (Å²) >= 11 is 5.65. The Labute approximate surface area is 178 Å². The van der Waals surface area contributed by atoms with Crippen LogP contribution < -0.4 is 11.1 Å². The van der Waals surface area contributed by atoms with Crippen molar-refractivity contribution in [2.24, 2.45) is 0 Å². The van der Waals surface area contributed by atoms with Gasteiger partial charge in [0.2, 0.25) is 0 Å². The van der Waals surface area contributed by atoms with Gasteiger partial charge in [0.05, 0.1) is 38.0 Å². The van der Waals surface area contributed by atoms with Crippen molar-refractivity contribution < 1.29 is 39.6 Å². The lowest BCUT2D eigenvalue weighted by Crippen LogP contribution is -2.26. The van der Waals surface area contributed by atoms with Crippen LogP contribution in [0.25, 0.3) is 0 Å². The molecule has 0 spiro atoms. The van der Waals surface area contributed by atoms with Gasteiger partial charge in [-0.2, -0.15) is 26.3 Å². The van der Waals surface area contributed by atoms with E-state index in [-0.39, 0.29) is 5.56 Å². The molecule has 2 aromatic carbocycles. The highest BCUT2D eigenvalue weighted by Crippen LogP contribution is 2.35. The topological polar surface area (TPSA) is 89.3 Å². The van der Waals surface area contributed by atoms with E-state index in [0.717, 1.165) is 6.07 Å². The van der Waals surface area contributed by atoms with E-state index < -0.39 is 72.7 Å². The van der Waals surface area contributed by atoms with Crippen molar-refractivity contribution in [2.75, 3.05) is 11.5 Å². The first-order valence-corrected chi connectivity index (χ1v) is 10.5. The van der Waals surface area contributed by atoms with Crippen LogP contribution >= 0.6 is 11.6 Å². The predicted molar refractivity (Wildman–Crippen MR) is 101 cm³/mol. The molecule has 0 fully saturated rings. The minimum atomic E-state index is -4.84. The van der Waals surface area contributed by atoms with E-state index >= 15 is 0 Å². The second-order valence-electron chi connectivity index (χ2n) is 6.32. The first-order valence-electron chi connectivity index (χ1n) is 8.45. The SMILES string of the molecule is CCS(=O)(=O)c1ccc(C(F)(F)F)cc1CNC(=O)c1cc(C(F)(F)F)cc(Cl)c1N. The molecule has 0 saturated heterocycles. The minimum Gasteiger partial charge on any atom is -0.397 e. The van der Waals surface area contributed by atoms with Crippen molar-refractivity contribution in [1.29, 1.82) is 0 Å². The molecule has 2 rings (SSSR count). The molecular weight excluding hydrogens is 474 g/mol. The molecule has 170 valence electrons. The van der Waals surface area contributed by atoms with Crippen molar-refractivity contribution in [3.8, 4) is 0 Å². The summed E-state index contributed by atoms with van der Waals surface area (Å²) in [5.41, 5.74) is 1.62. The molecule has 0 radical (unpaired) electrons.